The third-order valence-corrected chi connectivity index (χ3v) is 5.52. The number of hydrogen-bond acceptors (Lipinski definition) is 5. The van der Waals surface area contributed by atoms with Crippen molar-refractivity contribution in [2.75, 3.05) is 5.32 Å². The predicted molar refractivity (Wildman–Crippen MR) is 116 cm³/mol. The van der Waals surface area contributed by atoms with Crippen LogP contribution in [0.15, 0.2) is 54.6 Å². The van der Waals surface area contributed by atoms with Crippen molar-refractivity contribution >= 4 is 28.3 Å². The second-order valence-electron chi connectivity index (χ2n) is 6.87. The Kier molecular flexibility index (Phi) is 6.72. The molecule has 150 valence electrons. The summed E-state index contributed by atoms with van der Waals surface area (Å²) in [6.45, 7) is 5.63. The van der Waals surface area contributed by atoms with Crippen LogP contribution in [0.1, 0.15) is 37.3 Å². The van der Waals surface area contributed by atoms with Gasteiger partial charge in [-0.25, -0.2) is 0 Å². The molecular formula is C22H24N4O2S. The number of nitrogens with zero attached hydrogens (tertiary/aromatic N) is 2. The molecule has 0 radical (unpaired) electrons. The molecule has 0 aliphatic rings. The van der Waals surface area contributed by atoms with E-state index in [0.29, 0.717) is 11.6 Å². The van der Waals surface area contributed by atoms with E-state index < -0.39 is 6.04 Å². The summed E-state index contributed by atoms with van der Waals surface area (Å²) in [5, 5.41) is 14.8. The third-order valence-electron chi connectivity index (χ3n) is 4.63. The van der Waals surface area contributed by atoms with Crippen LogP contribution < -0.4 is 10.6 Å². The first-order valence-electron chi connectivity index (χ1n) is 9.54. The highest BCUT2D eigenvalue weighted by Crippen LogP contribution is 2.26. The summed E-state index contributed by atoms with van der Waals surface area (Å²) in [5.41, 5.74) is 3.05. The van der Waals surface area contributed by atoms with Crippen molar-refractivity contribution in [3.63, 3.8) is 0 Å². The monoisotopic (exact) mass is 408 g/mol. The molecule has 3 aromatic rings. The maximum atomic E-state index is 12.6. The van der Waals surface area contributed by atoms with E-state index in [0.717, 1.165) is 21.7 Å². The lowest BCUT2D eigenvalue weighted by Crippen LogP contribution is -2.43. The minimum atomic E-state index is -0.688. The zero-order valence-corrected chi connectivity index (χ0v) is 17.5. The molecule has 0 aliphatic heterocycles. The van der Waals surface area contributed by atoms with Crippen molar-refractivity contribution in [2.45, 2.75) is 39.2 Å². The normalized spacial score (nSPS) is 12.8. The van der Waals surface area contributed by atoms with Gasteiger partial charge in [-0.2, -0.15) is 0 Å². The molecule has 2 atom stereocenters. The molecule has 0 spiro atoms. The lowest BCUT2D eigenvalue weighted by Gasteiger charge is -2.19. The SMILES string of the molecule is CC[C@@H](C(=O)N[C@@H](C)C(=O)Nc1nnc(-c2ccc(C)cc2)s1)c1ccccc1. The van der Waals surface area contributed by atoms with Crippen LogP contribution in [0.2, 0.25) is 0 Å². The number of anilines is 1. The lowest BCUT2D eigenvalue weighted by atomic mass is 9.95. The fourth-order valence-corrected chi connectivity index (χ4v) is 3.69. The van der Waals surface area contributed by atoms with E-state index in [1.54, 1.807) is 6.92 Å². The van der Waals surface area contributed by atoms with Crippen LogP contribution in [0.4, 0.5) is 5.13 Å². The van der Waals surface area contributed by atoms with Gasteiger partial charge in [0.1, 0.15) is 11.0 Å². The van der Waals surface area contributed by atoms with Gasteiger partial charge in [-0.3, -0.25) is 14.9 Å². The topological polar surface area (TPSA) is 84.0 Å². The maximum absolute atomic E-state index is 12.6. The molecule has 2 aromatic carbocycles. The first kappa shape index (κ1) is 20.7. The van der Waals surface area contributed by atoms with Crippen molar-refractivity contribution in [1.29, 1.82) is 0 Å². The quantitative estimate of drug-likeness (QED) is 0.615. The Morgan fingerprint density at radius 3 is 2.34 bits per heavy atom. The Labute approximate surface area is 174 Å². The molecule has 3 rings (SSSR count). The van der Waals surface area contributed by atoms with Gasteiger partial charge < -0.3 is 5.32 Å². The van der Waals surface area contributed by atoms with Crippen LogP contribution in [0.5, 0.6) is 0 Å². The zero-order chi connectivity index (χ0) is 20.8. The molecule has 0 saturated carbocycles. The van der Waals surface area contributed by atoms with Gasteiger partial charge in [-0.1, -0.05) is 78.4 Å². The van der Waals surface area contributed by atoms with Crippen molar-refractivity contribution in [1.82, 2.24) is 15.5 Å². The second-order valence-corrected chi connectivity index (χ2v) is 7.85. The number of carbonyl (C=O) groups excluding carboxylic acids is 2. The summed E-state index contributed by atoms with van der Waals surface area (Å²) in [6.07, 6.45) is 0.653. The Morgan fingerprint density at radius 2 is 1.69 bits per heavy atom. The first-order chi connectivity index (χ1) is 14.0. The van der Waals surface area contributed by atoms with Crippen LogP contribution >= 0.6 is 11.3 Å². The summed E-state index contributed by atoms with van der Waals surface area (Å²) < 4.78 is 0. The first-order valence-corrected chi connectivity index (χ1v) is 10.4. The van der Waals surface area contributed by atoms with E-state index in [4.69, 9.17) is 0 Å². The predicted octanol–water partition coefficient (Wildman–Crippen LogP) is 4.15. The summed E-state index contributed by atoms with van der Waals surface area (Å²) >= 11 is 1.30. The van der Waals surface area contributed by atoms with Gasteiger partial charge in [-0.05, 0) is 25.8 Å². The standard InChI is InChI=1S/C22H24N4O2S/c1-4-18(16-8-6-5-7-9-16)20(28)23-15(3)19(27)24-22-26-25-21(29-22)17-12-10-14(2)11-13-17/h5-13,15,18H,4H2,1-3H3,(H,23,28)(H,24,26,27)/t15-,18+/m0/s1. The fraction of sp³-hybridized carbons (Fsp3) is 0.273. The lowest BCUT2D eigenvalue weighted by molar-refractivity contribution is -0.127. The van der Waals surface area contributed by atoms with Gasteiger partial charge >= 0.3 is 0 Å². The van der Waals surface area contributed by atoms with E-state index in [2.05, 4.69) is 20.8 Å². The van der Waals surface area contributed by atoms with Gasteiger partial charge in [0.15, 0.2) is 0 Å². The number of benzene rings is 2. The Hall–Kier alpha value is -3.06. The molecule has 6 nitrogen and oxygen atoms in total. The number of nitrogens with one attached hydrogen (secondary N) is 2. The fourth-order valence-electron chi connectivity index (χ4n) is 2.94. The number of amides is 2. The third kappa shape index (κ3) is 5.26. The minimum absolute atomic E-state index is 0.168. The molecule has 0 unspecified atom stereocenters. The molecule has 7 heteroatoms. The Morgan fingerprint density at radius 1 is 1.00 bits per heavy atom. The summed E-state index contributed by atoms with van der Waals surface area (Å²) in [6, 6.07) is 16.8. The van der Waals surface area contributed by atoms with Gasteiger partial charge in [0, 0.05) is 5.56 Å². The van der Waals surface area contributed by atoms with Crippen LogP contribution in [0, 0.1) is 6.92 Å². The molecule has 2 amide bonds. The van der Waals surface area contributed by atoms with Crippen molar-refractivity contribution < 1.29 is 9.59 Å². The molecule has 29 heavy (non-hydrogen) atoms. The van der Waals surface area contributed by atoms with Gasteiger partial charge in [0.25, 0.3) is 0 Å². The molecule has 0 saturated heterocycles. The molecular weight excluding hydrogens is 384 g/mol. The molecule has 1 aromatic heterocycles. The van der Waals surface area contributed by atoms with Crippen LogP contribution in [0.25, 0.3) is 10.6 Å². The highest BCUT2D eigenvalue weighted by Gasteiger charge is 2.23. The van der Waals surface area contributed by atoms with Crippen LogP contribution in [-0.2, 0) is 9.59 Å². The molecule has 0 fully saturated rings. The highest BCUT2D eigenvalue weighted by molar-refractivity contribution is 7.18. The minimum Gasteiger partial charge on any atom is -0.344 e. The van der Waals surface area contributed by atoms with E-state index in [9.17, 15) is 9.59 Å². The van der Waals surface area contributed by atoms with Crippen LogP contribution in [0.3, 0.4) is 0 Å². The number of aromatic nitrogens is 2. The largest absolute Gasteiger partial charge is 0.344 e. The average Bonchev–Trinajstić information content (AvgIpc) is 3.18. The highest BCUT2D eigenvalue weighted by atomic mass is 32.1. The maximum Gasteiger partial charge on any atom is 0.248 e. The summed E-state index contributed by atoms with van der Waals surface area (Å²) in [7, 11) is 0. The number of hydrogen-bond donors (Lipinski definition) is 2. The van der Waals surface area contributed by atoms with Crippen molar-refractivity contribution in [3.8, 4) is 10.6 Å². The summed E-state index contributed by atoms with van der Waals surface area (Å²) in [4.78, 5) is 25.1. The van der Waals surface area contributed by atoms with Crippen molar-refractivity contribution in [3.05, 3.63) is 65.7 Å². The van der Waals surface area contributed by atoms with Gasteiger partial charge in [0.2, 0.25) is 16.9 Å². The second kappa shape index (κ2) is 9.43. The van der Waals surface area contributed by atoms with Gasteiger partial charge in [0.05, 0.1) is 5.92 Å². The molecule has 2 N–H and O–H groups in total. The van der Waals surface area contributed by atoms with Gasteiger partial charge in [-0.15, -0.1) is 10.2 Å². The molecule has 0 aliphatic carbocycles. The Balaban J connectivity index is 1.60. The zero-order valence-electron chi connectivity index (χ0n) is 16.7. The Bertz CT molecular complexity index is 970. The average molecular weight is 409 g/mol. The van der Waals surface area contributed by atoms with Crippen molar-refractivity contribution in [2.24, 2.45) is 0 Å². The van der Waals surface area contributed by atoms with Crippen LogP contribution in [-0.4, -0.2) is 28.1 Å². The molecule has 0 bridgehead atoms. The molecule has 1 heterocycles. The number of aryl methyl sites for hydroxylation is 1. The number of carbonyl (C=O) groups is 2. The van der Waals surface area contributed by atoms with E-state index in [1.165, 1.54) is 11.3 Å². The van der Waals surface area contributed by atoms with E-state index in [-0.39, 0.29) is 17.7 Å². The van der Waals surface area contributed by atoms with E-state index in [1.807, 2.05) is 68.4 Å². The van der Waals surface area contributed by atoms with E-state index >= 15 is 0 Å². The smallest absolute Gasteiger partial charge is 0.248 e. The summed E-state index contributed by atoms with van der Waals surface area (Å²) in [5.74, 6) is -0.784. The number of rotatable bonds is 7.